The lowest BCUT2D eigenvalue weighted by atomic mass is 10.4. The average Bonchev–Trinajstić information content (AvgIpc) is 0.783. The minimum absolute atomic E-state index is 0.608. The van der Waals surface area contributed by atoms with Crippen LogP contribution in [0.15, 0.2) is 364 Å². The zero-order chi connectivity index (χ0) is 77.2. The van der Waals surface area contributed by atoms with E-state index < -0.39 is 85.6 Å². The summed E-state index contributed by atoms with van der Waals surface area (Å²) in [6, 6.07) is 111. The van der Waals surface area contributed by atoms with Gasteiger partial charge in [0.2, 0.25) is 0 Å². The van der Waals surface area contributed by atoms with Crippen LogP contribution in [0.4, 0.5) is 0 Å². The van der Waals surface area contributed by atoms with Gasteiger partial charge in [-0.3, -0.25) is 0 Å². The van der Waals surface area contributed by atoms with Crippen molar-refractivity contribution in [3.8, 4) is 0 Å². The van der Waals surface area contributed by atoms with E-state index in [2.05, 4.69) is 0 Å². The maximum atomic E-state index is 11.5. The van der Waals surface area contributed by atoms with Gasteiger partial charge in [0.05, 0.1) is 0 Å². The second-order valence-corrected chi connectivity index (χ2v) is 55.4. The fourth-order valence-electron chi connectivity index (χ4n) is 10.9. The van der Waals surface area contributed by atoms with Crippen LogP contribution in [-0.2, 0) is 16.5 Å². The monoisotopic (exact) mass is 1590 g/mol. The van der Waals surface area contributed by atoms with Gasteiger partial charge in [-0.15, -0.1) is 0 Å². The van der Waals surface area contributed by atoms with Crippen LogP contribution in [-0.4, -0.2) is 143 Å². The van der Waals surface area contributed by atoms with E-state index in [1.807, 2.05) is 315 Å². The van der Waals surface area contributed by atoms with E-state index in [0.717, 1.165) is 46.7 Å². The van der Waals surface area contributed by atoms with Gasteiger partial charge in [-0.2, -0.15) is 0 Å². The Hall–Kier alpha value is -7.83. The number of rotatable bonds is 20. The van der Waals surface area contributed by atoms with Gasteiger partial charge in [0.1, 0.15) is 0 Å². The molecule has 552 valence electrons. The minimum Gasteiger partial charge on any atom is -0.412 e. The summed E-state index contributed by atoms with van der Waals surface area (Å²) in [5.41, 5.74) is 0. The molecule has 12 N–H and O–H groups in total. The second kappa shape index (κ2) is 38.8. The van der Waals surface area contributed by atoms with Crippen molar-refractivity contribution in [3.05, 3.63) is 364 Å². The van der Waals surface area contributed by atoms with E-state index in [1.165, 1.54) is 6.55 Å². The molecule has 0 bridgehead atoms. The third kappa shape index (κ3) is 25.7. The van der Waals surface area contributed by atoms with Crippen molar-refractivity contribution < 1.29 is 74.0 Å². The minimum atomic E-state index is -3.51. The molecule has 26 heteroatoms. The molecule has 0 radical (unpaired) electrons. The van der Waals surface area contributed by atoms with Crippen molar-refractivity contribution >= 4 is 148 Å². The molecule has 0 spiro atoms. The molecule has 12 aromatic carbocycles. The summed E-state index contributed by atoms with van der Waals surface area (Å²) in [7, 11) is -31.8. The summed E-state index contributed by atoms with van der Waals surface area (Å²) < 4.78 is 23.5. The molecule has 0 amide bonds. The highest BCUT2D eigenvalue weighted by Gasteiger charge is 2.49. The predicted octanol–water partition coefficient (Wildman–Crippen LogP) is 4.24. The Kier molecular flexibility index (Phi) is 31.3. The molecule has 3 unspecified atom stereocenters. The molecule has 0 fully saturated rings. The topological polar surface area (TPSA) is 280 Å². The van der Waals surface area contributed by atoms with Gasteiger partial charge in [0, 0.05) is 0 Å². The van der Waals surface area contributed by atoms with E-state index in [4.69, 9.17) is 16.5 Å². The predicted molar refractivity (Wildman–Crippen MR) is 448 cm³/mol. The molecule has 0 saturated carbocycles. The van der Waals surface area contributed by atoms with E-state index >= 15 is 0 Å². The Morgan fingerprint density at radius 3 is 0.462 bits per heavy atom. The quantitative estimate of drug-likeness (QED) is 0.0476. The Bertz CT molecular complexity index is 4140. The van der Waals surface area contributed by atoms with Gasteiger partial charge in [-0.25, -0.2) is 0 Å². The van der Waals surface area contributed by atoms with Crippen LogP contribution >= 0.6 is 0 Å². The van der Waals surface area contributed by atoms with Crippen LogP contribution in [0.25, 0.3) is 0 Å². The highest BCUT2D eigenvalue weighted by atomic mass is 28.5. The van der Waals surface area contributed by atoms with Crippen LogP contribution in [0.5, 0.6) is 0 Å². The van der Waals surface area contributed by atoms with E-state index in [-0.39, 0.29) is 0 Å². The van der Waals surface area contributed by atoms with Crippen LogP contribution < -0.4 is 62.2 Å². The number of hydrogen-bond acceptors (Lipinski definition) is 16. The lowest BCUT2D eigenvalue weighted by Crippen LogP contribution is -2.68. The molecular formula is C80H96O16Si10. The molecule has 0 saturated heterocycles. The molecular weight excluding hydrogens is 1500 g/mol. The Morgan fingerprint density at radius 1 is 0.160 bits per heavy atom. The fraction of sp³-hybridized carbons (Fsp3) is 0.100. The maximum Gasteiger partial charge on any atom is 0.401 e. The normalized spacial score (nSPS) is 13.5. The summed E-state index contributed by atoms with van der Waals surface area (Å²) in [6.45, 7) is 13.2. The van der Waals surface area contributed by atoms with Gasteiger partial charge in [0.25, 0.3) is 0 Å². The van der Waals surface area contributed by atoms with Crippen LogP contribution in [0.3, 0.4) is 0 Å². The first-order chi connectivity index (χ1) is 50.1. The van der Waals surface area contributed by atoms with Crippen LogP contribution in [0.1, 0.15) is 0 Å². The third-order valence-electron chi connectivity index (χ3n) is 16.1. The fourth-order valence-corrected chi connectivity index (χ4v) is 36.3. The van der Waals surface area contributed by atoms with E-state index in [1.54, 1.807) is 94.4 Å². The van der Waals surface area contributed by atoms with Crippen molar-refractivity contribution in [3.63, 3.8) is 0 Å². The zero-order valence-corrected chi connectivity index (χ0v) is 70.6. The first-order valence-electron chi connectivity index (χ1n) is 34.2. The number of benzene rings is 12. The van der Waals surface area contributed by atoms with Crippen LogP contribution in [0.2, 0.25) is 52.4 Å². The van der Waals surface area contributed by atoms with Crippen LogP contribution in [0, 0.1) is 0 Å². The molecule has 12 rings (SSSR count). The van der Waals surface area contributed by atoms with E-state index in [9.17, 15) is 57.5 Å². The third-order valence-corrected chi connectivity index (χ3v) is 43.1. The Labute approximate surface area is 633 Å². The summed E-state index contributed by atoms with van der Waals surface area (Å²) in [4.78, 5) is 125. The number of hydrogen-bond donors (Lipinski definition) is 12. The summed E-state index contributed by atoms with van der Waals surface area (Å²) >= 11 is 0. The first-order valence-corrected chi connectivity index (χ1v) is 56.9. The molecule has 106 heavy (non-hydrogen) atoms. The maximum absolute atomic E-state index is 11.5. The van der Waals surface area contributed by atoms with Crippen molar-refractivity contribution in [2.24, 2.45) is 0 Å². The largest absolute Gasteiger partial charge is 0.412 e. The molecule has 12 aromatic rings. The molecule has 0 aromatic heterocycles. The summed E-state index contributed by atoms with van der Waals surface area (Å²) in [6.07, 6.45) is 0. The molecule has 0 aliphatic carbocycles. The van der Waals surface area contributed by atoms with Crippen molar-refractivity contribution in [2.75, 3.05) is 0 Å². The Balaban J connectivity index is 0.000000181. The smallest absolute Gasteiger partial charge is 0.401 e. The summed E-state index contributed by atoms with van der Waals surface area (Å²) in [5.74, 6) is 0. The molecule has 0 aliphatic heterocycles. The highest BCUT2D eigenvalue weighted by Crippen LogP contribution is 2.16. The standard InChI is InChI=1S/2C19H20O3Si2.C14H18O3Si2.C12H12O2Si.C9H16O3Si2.C7H10O2Si/c2*1-23(20,17-11-5-2-6-12-17)22-24(21,18-13-7-3-8-14-18)19-15-9-4-10-16-19;1-18(2,15)17-19(16,13-9-5-3-6-10-13)14-11-7-4-8-12-14;13-15(14,11-7-3-1-4-8-11)12-9-5-2-6-10-12;1-13(2,10)12-14(3,11)9-7-5-4-6-8-9;1-10(8,9)7-5-3-2-4-6-7/h2*2-16,20-21H,1H3;3-12,15-16H,1-2H3;1-10,13-14H;4-8,10-11H,1-3H3;2-6,8-9H,1H3. The van der Waals surface area contributed by atoms with Crippen molar-refractivity contribution in [1.82, 2.24) is 0 Å². The lowest BCUT2D eigenvalue weighted by Gasteiger charge is -2.33. The van der Waals surface area contributed by atoms with Gasteiger partial charge in [-0.05, 0) is 115 Å². The van der Waals surface area contributed by atoms with Gasteiger partial charge < -0.3 is 74.0 Å². The van der Waals surface area contributed by atoms with Gasteiger partial charge >= 0.3 is 85.6 Å². The van der Waals surface area contributed by atoms with Crippen molar-refractivity contribution in [1.29, 1.82) is 0 Å². The highest BCUT2D eigenvalue weighted by molar-refractivity contribution is 7.00. The SMILES string of the molecule is C[Si](C)(O)O[Si](C)(O)c1ccccc1.C[Si](C)(O)O[Si](O)(c1ccccc1)c1ccccc1.C[Si](O)(O)c1ccccc1.C[Si](O)(O[Si](O)(c1ccccc1)c1ccccc1)c1ccccc1.C[Si](O)(O[Si](O)(c1ccccc1)c1ccccc1)c1ccccc1.O[Si](O)(c1ccccc1)c1ccccc1. The van der Waals surface area contributed by atoms with Gasteiger partial charge in [0.15, 0.2) is 0 Å². The lowest BCUT2D eigenvalue weighted by molar-refractivity contribution is 0.327. The first kappa shape index (κ1) is 85.4. The molecule has 16 nitrogen and oxygen atoms in total. The second-order valence-electron chi connectivity index (χ2n) is 26.3. The van der Waals surface area contributed by atoms with Crippen molar-refractivity contribution in [2.45, 2.75) is 52.4 Å². The summed E-state index contributed by atoms with van der Waals surface area (Å²) in [5, 5.41) is 8.51. The molecule has 0 aliphatic rings. The Morgan fingerprint density at radius 2 is 0.302 bits per heavy atom. The molecule has 0 heterocycles. The molecule has 3 atom stereocenters. The van der Waals surface area contributed by atoms with Gasteiger partial charge in [-0.1, -0.05) is 364 Å². The zero-order valence-electron chi connectivity index (χ0n) is 60.6. The van der Waals surface area contributed by atoms with E-state index in [0.29, 0.717) is 15.6 Å². The average molecular weight is 1590 g/mol.